The highest BCUT2D eigenvalue weighted by Gasteiger charge is 2.66. The van der Waals surface area contributed by atoms with Gasteiger partial charge in [-0.2, -0.15) is 0 Å². The summed E-state index contributed by atoms with van der Waals surface area (Å²) in [6.45, 7) is 4.36. The molecule has 1 aromatic heterocycles. The number of rotatable bonds is 8. The minimum absolute atomic E-state index is 0.0321. The molecule has 37 heavy (non-hydrogen) atoms. The second-order valence-corrected chi connectivity index (χ2v) is 13.2. The summed E-state index contributed by atoms with van der Waals surface area (Å²) in [7, 11) is -3.50. The zero-order chi connectivity index (χ0) is 26.5. The maximum atomic E-state index is 13.3. The minimum Gasteiger partial charge on any atom is -0.449 e. The van der Waals surface area contributed by atoms with Gasteiger partial charge >= 0.3 is 6.09 Å². The van der Waals surface area contributed by atoms with Gasteiger partial charge in [0.2, 0.25) is 10.0 Å². The Morgan fingerprint density at radius 2 is 1.89 bits per heavy atom. The number of fused-ring (bicyclic) bond motifs is 1. The van der Waals surface area contributed by atoms with Gasteiger partial charge in [0.05, 0.1) is 44.0 Å². The van der Waals surface area contributed by atoms with E-state index in [1.165, 1.54) is 12.4 Å². The second-order valence-electron chi connectivity index (χ2n) is 11.5. The fraction of sp³-hybridized carbons (Fsp3) is 0.800. The number of likely N-dealkylation sites (tertiary alicyclic amines) is 1. The maximum absolute atomic E-state index is 13.3. The molecule has 7 atom stereocenters. The predicted molar refractivity (Wildman–Crippen MR) is 130 cm³/mol. The number of nitrogens with one attached hydrogen (secondary N) is 1. The highest BCUT2D eigenvalue weighted by atomic mass is 32.2. The Hall–Kier alpha value is -1.92. The van der Waals surface area contributed by atoms with Crippen LogP contribution in [0.15, 0.2) is 12.4 Å². The SMILES string of the molecule is C[C@@H]1C[C@H](NS(C)(=O)=O)[C@H](CO[C@H]2CC[C@]3(c4ncc(F)cn4)[C@H](C2)[C@@H]3C)N1C(=O)OCC1CC(F)C1. The van der Waals surface area contributed by atoms with Crippen LogP contribution in [0, 0.1) is 23.6 Å². The molecule has 4 aliphatic rings. The highest BCUT2D eigenvalue weighted by molar-refractivity contribution is 7.88. The molecule has 3 saturated carbocycles. The average Bonchev–Trinajstić information content (AvgIpc) is 3.28. The normalized spacial score (nSPS) is 39.1. The van der Waals surface area contributed by atoms with Gasteiger partial charge in [-0.05, 0) is 63.2 Å². The number of hydrogen-bond acceptors (Lipinski definition) is 7. The maximum Gasteiger partial charge on any atom is 0.410 e. The van der Waals surface area contributed by atoms with Crippen LogP contribution >= 0.6 is 0 Å². The molecule has 12 heteroatoms. The van der Waals surface area contributed by atoms with Gasteiger partial charge in [0, 0.05) is 17.5 Å². The first kappa shape index (κ1) is 26.7. The molecule has 0 unspecified atom stereocenters. The summed E-state index contributed by atoms with van der Waals surface area (Å²) in [5.41, 5.74) is -0.147. The van der Waals surface area contributed by atoms with Crippen LogP contribution in [-0.4, -0.2) is 79.2 Å². The van der Waals surface area contributed by atoms with Crippen molar-refractivity contribution in [2.24, 2.45) is 17.8 Å². The first-order chi connectivity index (χ1) is 17.5. The summed E-state index contributed by atoms with van der Waals surface area (Å²) in [4.78, 5) is 23.1. The predicted octanol–water partition coefficient (Wildman–Crippen LogP) is 2.95. The Morgan fingerprint density at radius 3 is 2.51 bits per heavy atom. The van der Waals surface area contributed by atoms with Crippen LogP contribution in [-0.2, 0) is 24.9 Å². The number of alkyl halides is 1. The third kappa shape index (κ3) is 5.34. The average molecular weight is 543 g/mol. The molecule has 206 valence electrons. The van der Waals surface area contributed by atoms with Crippen LogP contribution in [0.1, 0.15) is 58.2 Å². The molecule has 1 saturated heterocycles. The van der Waals surface area contributed by atoms with Crippen LogP contribution < -0.4 is 4.72 Å². The van der Waals surface area contributed by atoms with E-state index in [2.05, 4.69) is 21.6 Å². The van der Waals surface area contributed by atoms with E-state index in [4.69, 9.17) is 9.47 Å². The largest absolute Gasteiger partial charge is 0.449 e. The molecule has 3 aliphatic carbocycles. The number of nitrogens with zero attached hydrogens (tertiary/aromatic N) is 3. The van der Waals surface area contributed by atoms with Gasteiger partial charge in [-0.15, -0.1) is 0 Å². The molecule has 1 amide bonds. The van der Waals surface area contributed by atoms with Crippen LogP contribution in [0.5, 0.6) is 0 Å². The number of halogens is 2. The van der Waals surface area contributed by atoms with E-state index in [0.29, 0.717) is 36.9 Å². The highest BCUT2D eigenvalue weighted by Crippen LogP contribution is 2.66. The lowest BCUT2D eigenvalue weighted by Crippen LogP contribution is -2.50. The number of ether oxygens (including phenoxy) is 2. The van der Waals surface area contributed by atoms with E-state index in [1.807, 2.05) is 6.92 Å². The Kier molecular flexibility index (Phi) is 7.21. The van der Waals surface area contributed by atoms with Gasteiger partial charge in [-0.25, -0.2) is 36.7 Å². The van der Waals surface area contributed by atoms with Crippen LogP contribution in [0.2, 0.25) is 0 Å². The number of aromatic nitrogens is 2. The van der Waals surface area contributed by atoms with Crippen molar-refractivity contribution in [3.8, 4) is 0 Å². The zero-order valence-electron chi connectivity index (χ0n) is 21.5. The van der Waals surface area contributed by atoms with Crippen molar-refractivity contribution in [3.63, 3.8) is 0 Å². The monoisotopic (exact) mass is 542 g/mol. The Morgan fingerprint density at radius 1 is 1.19 bits per heavy atom. The third-order valence-corrected chi connectivity index (χ3v) is 9.72. The van der Waals surface area contributed by atoms with Crippen molar-refractivity contribution in [3.05, 3.63) is 24.0 Å². The summed E-state index contributed by atoms with van der Waals surface area (Å²) in [5, 5.41) is 0. The number of sulfonamides is 1. The van der Waals surface area contributed by atoms with Gasteiger partial charge < -0.3 is 9.47 Å². The van der Waals surface area contributed by atoms with E-state index in [9.17, 15) is 22.0 Å². The molecule has 0 bridgehead atoms. The van der Waals surface area contributed by atoms with Crippen molar-refractivity contribution in [1.29, 1.82) is 0 Å². The van der Waals surface area contributed by atoms with Crippen molar-refractivity contribution in [2.75, 3.05) is 19.5 Å². The lowest BCUT2D eigenvalue weighted by atomic mass is 9.84. The molecule has 1 aliphatic heterocycles. The fourth-order valence-corrected chi connectivity index (χ4v) is 7.70. The van der Waals surface area contributed by atoms with E-state index < -0.39 is 40.2 Å². The van der Waals surface area contributed by atoms with E-state index in [0.717, 1.165) is 25.5 Å². The lowest BCUT2D eigenvalue weighted by molar-refractivity contribution is -0.0165. The Balaban J connectivity index is 1.22. The van der Waals surface area contributed by atoms with Crippen LogP contribution in [0.4, 0.5) is 13.6 Å². The van der Waals surface area contributed by atoms with E-state index in [1.54, 1.807) is 4.90 Å². The number of hydrogen-bond donors (Lipinski definition) is 1. The molecule has 0 spiro atoms. The van der Waals surface area contributed by atoms with Crippen molar-refractivity contribution in [1.82, 2.24) is 19.6 Å². The van der Waals surface area contributed by atoms with E-state index in [-0.39, 0.29) is 36.7 Å². The summed E-state index contributed by atoms with van der Waals surface area (Å²) >= 11 is 0. The molecular formula is C25H36F2N4O5S. The van der Waals surface area contributed by atoms with Gasteiger partial charge in [-0.1, -0.05) is 6.92 Å². The molecular weight excluding hydrogens is 506 g/mol. The van der Waals surface area contributed by atoms with Crippen LogP contribution in [0.3, 0.4) is 0 Å². The minimum atomic E-state index is -3.50. The van der Waals surface area contributed by atoms with Gasteiger partial charge in [-0.3, -0.25) is 4.90 Å². The van der Waals surface area contributed by atoms with E-state index >= 15 is 0 Å². The standard InChI is InChI=1S/C25H36F2N4O5S/c1-14-6-21(30-37(3,33)34)22(31(14)24(32)36-12-16-7-17(26)8-16)13-35-19-4-5-25(15(2)20(25)9-19)23-28-10-18(27)11-29-23/h10-11,14-17,19-22,30H,4-9,12-13H2,1-3H3/t14-,15+,16?,17?,19+,20-,21+,22+,25-/m1/s1. The third-order valence-electron chi connectivity index (χ3n) is 8.99. The van der Waals surface area contributed by atoms with Crippen molar-refractivity contribution in [2.45, 2.75) is 88.2 Å². The molecule has 9 nitrogen and oxygen atoms in total. The fourth-order valence-electron chi connectivity index (χ4n) is 6.90. The molecule has 2 heterocycles. The molecule has 0 aromatic carbocycles. The molecule has 1 N–H and O–H groups in total. The molecule has 5 rings (SSSR count). The quantitative estimate of drug-likeness (QED) is 0.538. The number of carbonyl (C=O) groups is 1. The Labute approximate surface area is 216 Å². The van der Waals surface area contributed by atoms with Crippen LogP contribution in [0.25, 0.3) is 0 Å². The second kappa shape index (κ2) is 10.00. The Bertz CT molecular complexity index is 1100. The smallest absolute Gasteiger partial charge is 0.410 e. The number of amides is 1. The molecule has 1 aromatic rings. The van der Waals surface area contributed by atoms with Crippen molar-refractivity contribution < 1.29 is 31.5 Å². The summed E-state index contributed by atoms with van der Waals surface area (Å²) in [6, 6.07) is -1.25. The first-order valence-electron chi connectivity index (χ1n) is 13.1. The number of carbonyl (C=O) groups excluding carboxylic acids is 1. The summed E-state index contributed by atoms with van der Waals surface area (Å²) in [6.07, 6.45) is 5.78. The topological polar surface area (TPSA) is 111 Å². The van der Waals surface area contributed by atoms with Crippen molar-refractivity contribution >= 4 is 16.1 Å². The van der Waals surface area contributed by atoms with Gasteiger partial charge in [0.1, 0.15) is 12.0 Å². The lowest BCUT2D eigenvalue weighted by Gasteiger charge is -2.34. The summed E-state index contributed by atoms with van der Waals surface area (Å²) in [5.74, 6) is 0.954. The zero-order valence-corrected chi connectivity index (χ0v) is 22.3. The summed E-state index contributed by atoms with van der Waals surface area (Å²) < 4.78 is 65.0. The first-order valence-corrected chi connectivity index (χ1v) is 15.0. The van der Waals surface area contributed by atoms with Gasteiger partial charge in [0.15, 0.2) is 5.82 Å². The molecule has 0 radical (unpaired) electrons. The molecule has 4 fully saturated rings. The van der Waals surface area contributed by atoms with Gasteiger partial charge in [0.25, 0.3) is 0 Å².